The van der Waals surface area contributed by atoms with E-state index in [1.807, 2.05) is 24.5 Å². The van der Waals surface area contributed by atoms with Gasteiger partial charge >= 0.3 is 21.1 Å². The summed E-state index contributed by atoms with van der Waals surface area (Å²) in [6.07, 6.45) is 3.80. The minimum absolute atomic E-state index is 0. The van der Waals surface area contributed by atoms with E-state index in [-0.39, 0.29) is 48.1 Å². The molecule has 0 unspecified atom stereocenters. The molecule has 7 heteroatoms. The zero-order valence-corrected chi connectivity index (χ0v) is 45.8. The fourth-order valence-electron chi connectivity index (χ4n) is 11.8. The van der Waals surface area contributed by atoms with Crippen LogP contribution in [-0.2, 0) is 58.5 Å². The second-order valence-electron chi connectivity index (χ2n) is 24.4. The van der Waals surface area contributed by atoms with E-state index in [0.717, 1.165) is 56.1 Å². The summed E-state index contributed by atoms with van der Waals surface area (Å²) in [7, 11) is 0. The zero-order valence-electron chi connectivity index (χ0n) is 43.5. The number of hydrogen-bond acceptors (Lipinski definition) is 5. The smallest absolute Gasteiger partial charge is 0.508 e. The molecule has 11 rings (SSSR count). The molecule has 70 heavy (non-hydrogen) atoms. The van der Waals surface area contributed by atoms with E-state index in [4.69, 9.17) is 19.7 Å². The number of fused-ring (bicyclic) bond motifs is 8. The number of nitrogens with zero attached hydrogens (tertiary/aromatic N) is 5. The van der Waals surface area contributed by atoms with Crippen LogP contribution in [0, 0.1) is 12.1 Å². The molecular formula is C63H65N5OPt. The number of anilines is 3. The quantitative estimate of drug-likeness (QED) is 0.165. The zero-order chi connectivity index (χ0) is 49.0. The molecule has 1 aliphatic carbocycles. The Balaban J connectivity index is 0.00000567. The molecule has 5 aromatic carbocycles. The largest absolute Gasteiger partial charge is 2.00 e. The van der Waals surface area contributed by atoms with E-state index in [1.165, 1.54) is 44.3 Å². The second-order valence-corrected chi connectivity index (χ2v) is 24.4. The van der Waals surface area contributed by atoms with Crippen LogP contribution in [0.4, 0.5) is 17.1 Å². The molecule has 358 valence electrons. The van der Waals surface area contributed by atoms with Gasteiger partial charge < -0.3 is 14.2 Å². The molecule has 0 bridgehead atoms. The molecule has 3 aromatic heterocycles. The van der Waals surface area contributed by atoms with Gasteiger partial charge in [-0.2, -0.15) is 6.07 Å². The van der Waals surface area contributed by atoms with Crippen molar-refractivity contribution in [1.29, 1.82) is 0 Å². The van der Waals surface area contributed by atoms with Crippen molar-refractivity contribution in [3.8, 4) is 17.1 Å². The van der Waals surface area contributed by atoms with E-state index in [1.54, 1.807) is 0 Å². The molecule has 5 heterocycles. The van der Waals surface area contributed by atoms with Crippen molar-refractivity contribution in [2.75, 3.05) is 4.90 Å². The topological polar surface area (TPSA) is 55.5 Å². The Bertz CT molecular complexity index is 3470. The average Bonchev–Trinajstić information content (AvgIpc) is 3.83. The van der Waals surface area contributed by atoms with Gasteiger partial charge in [0.15, 0.2) is 0 Å². The van der Waals surface area contributed by atoms with Crippen molar-refractivity contribution in [3.05, 3.63) is 178 Å². The molecule has 0 fully saturated rings. The Labute approximate surface area is 429 Å². The van der Waals surface area contributed by atoms with Crippen LogP contribution in [0.5, 0.6) is 0 Å². The van der Waals surface area contributed by atoms with Gasteiger partial charge in [-0.05, 0) is 111 Å². The Morgan fingerprint density at radius 3 is 2.00 bits per heavy atom. The summed E-state index contributed by atoms with van der Waals surface area (Å²) in [5.74, 6) is 1.46. The summed E-state index contributed by atoms with van der Waals surface area (Å²) >= 11 is 0. The molecule has 3 aliphatic rings. The third-order valence-electron chi connectivity index (χ3n) is 16.3. The fraction of sp³-hybridized carbons (Fsp3) is 0.349. The maximum absolute atomic E-state index is 7.52. The van der Waals surface area contributed by atoms with E-state index in [2.05, 4.69) is 223 Å². The Kier molecular flexibility index (Phi) is 10.6. The molecule has 0 saturated heterocycles. The van der Waals surface area contributed by atoms with Gasteiger partial charge in [-0.1, -0.05) is 167 Å². The van der Waals surface area contributed by atoms with Gasteiger partial charge in [-0.25, -0.2) is 4.98 Å². The van der Waals surface area contributed by atoms with Gasteiger partial charge in [0.25, 0.3) is 0 Å². The molecule has 2 atom stereocenters. The first-order valence-corrected chi connectivity index (χ1v) is 24.7. The molecule has 0 N–H and O–H groups in total. The molecule has 0 spiro atoms. The molecule has 0 saturated carbocycles. The number of aromatic nitrogens is 3. The Morgan fingerprint density at radius 2 is 1.30 bits per heavy atom. The second kappa shape index (κ2) is 15.6. The van der Waals surface area contributed by atoms with Gasteiger partial charge in [0.05, 0.1) is 5.69 Å². The van der Waals surface area contributed by atoms with Crippen LogP contribution in [0.2, 0.25) is 0 Å². The van der Waals surface area contributed by atoms with Crippen LogP contribution < -0.4 is 4.90 Å². The molecular weight excluding hydrogens is 1040 g/mol. The molecule has 2 aliphatic heterocycles. The number of ether oxygens (including phenoxy) is 1. The first kappa shape index (κ1) is 47.8. The van der Waals surface area contributed by atoms with Crippen LogP contribution >= 0.6 is 0 Å². The summed E-state index contributed by atoms with van der Waals surface area (Å²) in [5.41, 5.74) is 14.1. The van der Waals surface area contributed by atoms with Gasteiger partial charge in [0.2, 0.25) is 0 Å². The van der Waals surface area contributed by atoms with E-state index in [9.17, 15) is 0 Å². The number of aliphatic imine (C=N–C) groups is 1. The van der Waals surface area contributed by atoms with Crippen LogP contribution in [0.3, 0.4) is 0 Å². The monoisotopic (exact) mass is 1100 g/mol. The summed E-state index contributed by atoms with van der Waals surface area (Å²) in [4.78, 5) is 18.1. The maximum Gasteiger partial charge on any atom is 2.00 e. The Hall–Kier alpha value is -5.84. The number of para-hydroxylation sites is 2. The van der Waals surface area contributed by atoms with Gasteiger partial charge in [0, 0.05) is 34.6 Å². The van der Waals surface area contributed by atoms with Crippen molar-refractivity contribution in [2.24, 2.45) is 4.99 Å². The van der Waals surface area contributed by atoms with Gasteiger partial charge in [0.1, 0.15) is 22.9 Å². The van der Waals surface area contributed by atoms with Crippen LogP contribution in [0.15, 0.2) is 127 Å². The Morgan fingerprint density at radius 1 is 0.600 bits per heavy atom. The molecule has 0 radical (unpaired) electrons. The summed E-state index contributed by atoms with van der Waals surface area (Å²) < 4.78 is 9.81. The predicted molar refractivity (Wildman–Crippen MR) is 285 cm³/mol. The first-order valence-electron chi connectivity index (χ1n) is 24.7. The predicted octanol–water partition coefficient (Wildman–Crippen LogP) is 15.6. The minimum Gasteiger partial charge on any atom is -0.508 e. The van der Waals surface area contributed by atoms with Crippen LogP contribution in [0.25, 0.3) is 38.9 Å². The third-order valence-corrected chi connectivity index (χ3v) is 16.3. The minimum atomic E-state index is -0.753. The van der Waals surface area contributed by atoms with Gasteiger partial charge in [-0.15, -0.1) is 35.2 Å². The van der Waals surface area contributed by atoms with E-state index < -0.39 is 11.1 Å². The van der Waals surface area contributed by atoms with Crippen molar-refractivity contribution >= 4 is 44.8 Å². The molecule has 0 amide bonds. The van der Waals surface area contributed by atoms with Crippen molar-refractivity contribution < 1.29 is 25.8 Å². The normalized spacial score (nSPS) is 20.0. The number of pyridine rings is 2. The number of hydrogen-bond donors (Lipinski definition) is 0. The molecule has 8 aromatic rings. The maximum atomic E-state index is 7.52. The number of benzene rings is 5. The number of rotatable bonds is 4. The van der Waals surface area contributed by atoms with Gasteiger partial charge in [-0.3, -0.25) is 9.98 Å². The van der Waals surface area contributed by atoms with Crippen molar-refractivity contribution in [1.82, 2.24) is 14.5 Å². The van der Waals surface area contributed by atoms with E-state index in [0.29, 0.717) is 5.90 Å². The van der Waals surface area contributed by atoms with E-state index >= 15 is 0 Å². The van der Waals surface area contributed by atoms with Crippen LogP contribution in [-0.4, -0.2) is 26.0 Å². The summed E-state index contributed by atoms with van der Waals surface area (Å²) in [6.45, 7) is 34.7. The fourth-order valence-corrected chi connectivity index (χ4v) is 11.8. The summed E-state index contributed by atoms with van der Waals surface area (Å²) in [5, 5.41) is 2.31. The standard InChI is InChI=1S/C63H65N5O.Pt/c1-57(2,3)40-27-29-65-54(35-40)68-50-25-18-16-22-43(50)44-36-46-53(37-52(44)68)67(51-26-19-17-23-45(51)60(46,10)11)42-31-38(49-24-20-21-28-64-49)30-39(32-42)56-66-63(15)61(12,13)55-47(59(7,8)9)33-41(58(4,5)6)34-48(55)62(63,14)69-56;/h16-31,33-36H,1-15H3;/q-2;+2/t62-,63+;/m0./s1. The molecule has 6 nitrogen and oxygen atoms in total. The third kappa shape index (κ3) is 6.86. The van der Waals surface area contributed by atoms with Crippen molar-refractivity contribution in [2.45, 2.75) is 142 Å². The SMILES string of the molecule is CC(C)(C)c1ccnc(-n2c3[c-]c4c(cc3c3ccccc32)C(C)(C)c2ccccc2N4c2[c-]c(C3=N[C@]4(C)C(C)(C)c5c(C(C)(C)C)cc(C(C)(C)C)cc5[C@]4(C)O3)cc(-c3ccccn3)c2)c1.[Pt+2]. The average molecular weight is 1100 g/mol. The summed E-state index contributed by atoms with van der Waals surface area (Å²) in [6, 6.07) is 47.7. The first-order chi connectivity index (χ1) is 32.3. The van der Waals surface area contributed by atoms with Crippen LogP contribution in [0.1, 0.15) is 148 Å². The van der Waals surface area contributed by atoms with Crippen molar-refractivity contribution in [3.63, 3.8) is 0 Å².